The highest BCUT2D eigenvalue weighted by molar-refractivity contribution is 5.37. The number of hydrogen-bond acceptors (Lipinski definition) is 2. The van der Waals surface area contributed by atoms with Crippen LogP contribution in [0.1, 0.15) is 61.3 Å². The minimum absolute atomic E-state index is 0.558. The van der Waals surface area contributed by atoms with Gasteiger partial charge in [-0.3, -0.25) is 4.68 Å². The molecule has 0 radical (unpaired) electrons. The summed E-state index contributed by atoms with van der Waals surface area (Å²) in [5.74, 6) is 0.631. The zero-order chi connectivity index (χ0) is 13.9. The lowest BCUT2D eigenvalue weighted by atomic mass is 9.77. The van der Waals surface area contributed by atoms with Crippen molar-refractivity contribution in [3.05, 3.63) is 53.3 Å². The van der Waals surface area contributed by atoms with E-state index in [0.29, 0.717) is 5.92 Å². The molecule has 1 saturated carbocycles. The third-order valence-corrected chi connectivity index (χ3v) is 4.26. The number of aliphatic hydroxyl groups excluding tert-OH is 1. The van der Waals surface area contributed by atoms with Crippen LogP contribution in [0.25, 0.3) is 0 Å². The number of rotatable bonds is 5. The molecule has 1 N–H and O–H groups in total. The Kier molecular flexibility index (Phi) is 3.88. The molecule has 1 aromatic heterocycles. The van der Waals surface area contributed by atoms with E-state index in [2.05, 4.69) is 30.2 Å². The Morgan fingerprint density at radius 3 is 2.85 bits per heavy atom. The van der Waals surface area contributed by atoms with Crippen LogP contribution in [0.4, 0.5) is 0 Å². The van der Waals surface area contributed by atoms with Crippen LogP contribution in [-0.2, 0) is 6.54 Å². The molecule has 1 heterocycles. The molecule has 1 atom stereocenters. The van der Waals surface area contributed by atoms with Gasteiger partial charge in [0, 0.05) is 18.3 Å². The maximum Gasteiger partial charge on any atom is 0.107 e. The lowest BCUT2D eigenvalue weighted by Crippen LogP contribution is -2.13. The summed E-state index contributed by atoms with van der Waals surface area (Å²) in [6.07, 6.45) is 8.05. The maximum atomic E-state index is 10.7. The highest BCUT2D eigenvalue weighted by Crippen LogP contribution is 2.40. The highest BCUT2D eigenvalue weighted by atomic mass is 16.3. The van der Waals surface area contributed by atoms with E-state index in [4.69, 9.17) is 0 Å². The van der Waals surface area contributed by atoms with Gasteiger partial charge in [0.1, 0.15) is 6.10 Å². The van der Waals surface area contributed by atoms with E-state index in [-0.39, 0.29) is 0 Å². The van der Waals surface area contributed by atoms with Crippen molar-refractivity contribution in [1.29, 1.82) is 0 Å². The Morgan fingerprint density at radius 2 is 2.15 bits per heavy atom. The normalized spacial score (nSPS) is 16.9. The molecular formula is C17H22N2O. The lowest BCUT2D eigenvalue weighted by molar-refractivity contribution is 0.217. The van der Waals surface area contributed by atoms with Gasteiger partial charge in [-0.1, -0.05) is 37.6 Å². The van der Waals surface area contributed by atoms with Gasteiger partial charge in [0.25, 0.3) is 0 Å². The number of aryl methyl sites for hydroxylation is 1. The van der Waals surface area contributed by atoms with E-state index in [9.17, 15) is 5.11 Å². The summed E-state index contributed by atoms with van der Waals surface area (Å²) >= 11 is 0. The van der Waals surface area contributed by atoms with Crippen LogP contribution in [0.15, 0.2) is 36.7 Å². The van der Waals surface area contributed by atoms with E-state index in [1.165, 1.54) is 24.8 Å². The monoisotopic (exact) mass is 270 g/mol. The summed E-state index contributed by atoms with van der Waals surface area (Å²) in [5, 5.41) is 15.0. The molecule has 3 heteroatoms. The molecule has 1 unspecified atom stereocenters. The van der Waals surface area contributed by atoms with Crippen molar-refractivity contribution < 1.29 is 5.11 Å². The van der Waals surface area contributed by atoms with Crippen molar-refractivity contribution in [1.82, 2.24) is 9.78 Å². The summed E-state index contributed by atoms with van der Waals surface area (Å²) in [4.78, 5) is 0. The number of benzene rings is 1. The minimum Gasteiger partial charge on any atom is -0.384 e. The predicted molar refractivity (Wildman–Crippen MR) is 79.6 cm³/mol. The Morgan fingerprint density at radius 1 is 1.35 bits per heavy atom. The average molecular weight is 270 g/mol. The molecule has 0 amide bonds. The van der Waals surface area contributed by atoms with E-state index >= 15 is 0 Å². The third kappa shape index (κ3) is 2.50. The second-order valence-corrected chi connectivity index (χ2v) is 5.70. The molecule has 0 bridgehead atoms. The van der Waals surface area contributed by atoms with Crippen molar-refractivity contribution in [2.45, 2.75) is 51.2 Å². The first-order valence-electron chi connectivity index (χ1n) is 7.59. The molecule has 0 spiro atoms. The standard InChI is InChI=1S/C17H22N2O/c1-2-10-19-12-14(11-18-19)17(20)16-9-4-3-8-15(16)13-6-5-7-13/h3-4,8-9,11-13,17,20H,2,5-7,10H2,1H3. The predicted octanol–water partition coefficient (Wildman–Crippen LogP) is 3.64. The third-order valence-electron chi connectivity index (χ3n) is 4.26. The second-order valence-electron chi connectivity index (χ2n) is 5.70. The maximum absolute atomic E-state index is 10.7. The molecule has 1 aliphatic rings. The van der Waals surface area contributed by atoms with Gasteiger partial charge >= 0.3 is 0 Å². The molecule has 1 aromatic carbocycles. The van der Waals surface area contributed by atoms with Gasteiger partial charge in [0.05, 0.1) is 6.20 Å². The van der Waals surface area contributed by atoms with E-state index in [1.807, 2.05) is 16.9 Å². The highest BCUT2D eigenvalue weighted by Gasteiger charge is 2.25. The molecule has 1 aliphatic carbocycles. The van der Waals surface area contributed by atoms with E-state index < -0.39 is 6.10 Å². The minimum atomic E-state index is -0.558. The Hall–Kier alpha value is -1.61. The summed E-state index contributed by atoms with van der Waals surface area (Å²) in [6.45, 7) is 3.03. The van der Waals surface area contributed by atoms with Crippen molar-refractivity contribution in [3.8, 4) is 0 Å². The first-order valence-corrected chi connectivity index (χ1v) is 7.59. The fourth-order valence-corrected chi connectivity index (χ4v) is 2.90. The summed E-state index contributed by atoms with van der Waals surface area (Å²) in [7, 11) is 0. The summed E-state index contributed by atoms with van der Waals surface area (Å²) in [6, 6.07) is 8.30. The van der Waals surface area contributed by atoms with Crippen molar-refractivity contribution >= 4 is 0 Å². The topological polar surface area (TPSA) is 38.0 Å². The van der Waals surface area contributed by atoms with Crippen molar-refractivity contribution in [2.24, 2.45) is 0 Å². The molecule has 1 fully saturated rings. The molecule has 106 valence electrons. The van der Waals surface area contributed by atoms with Crippen LogP contribution in [0.2, 0.25) is 0 Å². The Balaban J connectivity index is 1.87. The lowest BCUT2D eigenvalue weighted by Gasteiger charge is -2.29. The summed E-state index contributed by atoms with van der Waals surface area (Å²) < 4.78 is 1.91. The number of aliphatic hydroxyl groups is 1. The van der Waals surface area contributed by atoms with Crippen LogP contribution >= 0.6 is 0 Å². The zero-order valence-corrected chi connectivity index (χ0v) is 12.0. The molecular weight excluding hydrogens is 248 g/mol. The van der Waals surface area contributed by atoms with Crippen molar-refractivity contribution in [2.75, 3.05) is 0 Å². The second kappa shape index (κ2) is 5.80. The van der Waals surface area contributed by atoms with Gasteiger partial charge in [0.2, 0.25) is 0 Å². The van der Waals surface area contributed by atoms with Gasteiger partial charge in [0.15, 0.2) is 0 Å². The first kappa shape index (κ1) is 13.4. The largest absolute Gasteiger partial charge is 0.384 e. The summed E-state index contributed by atoms with van der Waals surface area (Å²) in [5.41, 5.74) is 3.26. The van der Waals surface area contributed by atoms with Crippen molar-refractivity contribution in [3.63, 3.8) is 0 Å². The van der Waals surface area contributed by atoms with Crippen LogP contribution in [-0.4, -0.2) is 14.9 Å². The number of aromatic nitrogens is 2. The number of nitrogens with zero attached hydrogens (tertiary/aromatic N) is 2. The molecule has 0 saturated heterocycles. The molecule has 3 nitrogen and oxygen atoms in total. The zero-order valence-electron chi connectivity index (χ0n) is 12.0. The van der Waals surface area contributed by atoms with Crippen LogP contribution < -0.4 is 0 Å². The fourth-order valence-electron chi connectivity index (χ4n) is 2.90. The van der Waals surface area contributed by atoms with Gasteiger partial charge < -0.3 is 5.11 Å². The molecule has 3 rings (SSSR count). The fraction of sp³-hybridized carbons (Fsp3) is 0.471. The SMILES string of the molecule is CCCn1cc(C(O)c2ccccc2C2CCC2)cn1. The van der Waals surface area contributed by atoms with Crippen LogP contribution in [0.5, 0.6) is 0 Å². The number of hydrogen-bond donors (Lipinski definition) is 1. The smallest absolute Gasteiger partial charge is 0.107 e. The van der Waals surface area contributed by atoms with Gasteiger partial charge in [-0.05, 0) is 36.3 Å². The quantitative estimate of drug-likeness (QED) is 0.900. The van der Waals surface area contributed by atoms with Gasteiger partial charge in [-0.25, -0.2) is 0 Å². The Bertz CT molecular complexity index is 572. The molecule has 2 aromatic rings. The molecule has 20 heavy (non-hydrogen) atoms. The van der Waals surface area contributed by atoms with Gasteiger partial charge in [-0.2, -0.15) is 5.10 Å². The van der Waals surface area contributed by atoms with Crippen LogP contribution in [0.3, 0.4) is 0 Å². The van der Waals surface area contributed by atoms with E-state index in [1.54, 1.807) is 6.20 Å². The molecule has 0 aliphatic heterocycles. The van der Waals surface area contributed by atoms with Gasteiger partial charge in [-0.15, -0.1) is 0 Å². The van der Waals surface area contributed by atoms with E-state index in [0.717, 1.165) is 24.1 Å². The van der Waals surface area contributed by atoms with Crippen LogP contribution in [0, 0.1) is 0 Å². The Labute approximate surface area is 120 Å². The average Bonchev–Trinajstić information content (AvgIpc) is 2.86. The first-order chi connectivity index (χ1) is 9.79.